The maximum atomic E-state index is 13.6. The Morgan fingerprint density at radius 2 is 1.67 bits per heavy atom. The Balaban J connectivity index is 1.51. The quantitative estimate of drug-likeness (QED) is 0.147. The lowest BCUT2D eigenvalue weighted by atomic mass is 9.83. The lowest BCUT2D eigenvalue weighted by Crippen LogP contribution is -2.55. The van der Waals surface area contributed by atoms with Gasteiger partial charge in [-0.05, 0) is 17.9 Å². The van der Waals surface area contributed by atoms with Gasteiger partial charge in [0.05, 0.1) is 18.7 Å². The summed E-state index contributed by atoms with van der Waals surface area (Å²) in [5.41, 5.74) is -0.335. The van der Waals surface area contributed by atoms with Gasteiger partial charge < -0.3 is 14.9 Å². The number of carbonyl (C=O) groups excluding carboxylic acids is 3. The number of aromatic nitrogens is 1. The van der Waals surface area contributed by atoms with Crippen LogP contribution in [0.3, 0.4) is 0 Å². The SMILES string of the molecule is CCCCCCCCCCCCOC(=O)C[C@H](NC(=O)C1(C(C)C)CC(c2nccc3ccccc23)=NO1)C(=O)CF. The number of pyridine rings is 1. The molecule has 2 atom stereocenters. The number of hydrogen-bond donors (Lipinski definition) is 1. The molecule has 1 aliphatic heterocycles. The summed E-state index contributed by atoms with van der Waals surface area (Å²) in [5.74, 6) is -2.53. The third kappa shape index (κ3) is 9.07. The molecule has 1 unspecified atom stereocenters. The zero-order valence-corrected chi connectivity index (χ0v) is 25.3. The molecule has 42 heavy (non-hydrogen) atoms. The second kappa shape index (κ2) is 16.9. The Kier molecular flexibility index (Phi) is 13.4. The Labute approximate surface area is 248 Å². The molecule has 0 saturated heterocycles. The third-order valence-electron chi connectivity index (χ3n) is 7.97. The molecule has 1 amide bonds. The highest BCUT2D eigenvalue weighted by atomic mass is 19.1. The smallest absolute Gasteiger partial charge is 0.308 e. The Bertz CT molecular complexity index is 1210. The van der Waals surface area contributed by atoms with E-state index < -0.39 is 42.4 Å². The van der Waals surface area contributed by atoms with Crippen LogP contribution in [0.2, 0.25) is 0 Å². The fraction of sp³-hybridized carbons (Fsp3) is 0.606. The molecular weight excluding hydrogens is 537 g/mol. The average Bonchev–Trinajstić information content (AvgIpc) is 3.46. The van der Waals surface area contributed by atoms with Crippen molar-refractivity contribution in [3.8, 4) is 0 Å². The minimum Gasteiger partial charge on any atom is -0.466 e. The predicted octanol–water partition coefficient (Wildman–Crippen LogP) is 6.63. The number of benzene rings is 1. The molecule has 0 fully saturated rings. The van der Waals surface area contributed by atoms with Crippen molar-refractivity contribution in [2.75, 3.05) is 13.3 Å². The number of ether oxygens (including phenoxy) is 1. The van der Waals surface area contributed by atoms with Gasteiger partial charge in [0.2, 0.25) is 5.60 Å². The number of oxime groups is 1. The number of nitrogens with one attached hydrogen (secondary N) is 1. The third-order valence-corrected chi connectivity index (χ3v) is 7.97. The Hall–Kier alpha value is -3.36. The van der Waals surface area contributed by atoms with Crippen LogP contribution in [-0.4, -0.2) is 53.3 Å². The van der Waals surface area contributed by atoms with Gasteiger partial charge in [0, 0.05) is 23.9 Å². The normalized spacial score (nSPS) is 17.1. The molecule has 230 valence electrons. The van der Waals surface area contributed by atoms with Crippen molar-refractivity contribution in [3.63, 3.8) is 0 Å². The van der Waals surface area contributed by atoms with Crippen molar-refractivity contribution in [1.29, 1.82) is 0 Å². The van der Waals surface area contributed by atoms with Gasteiger partial charge in [0.15, 0.2) is 5.78 Å². The van der Waals surface area contributed by atoms with E-state index in [0.29, 0.717) is 11.4 Å². The first-order valence-corrected chi connectivity index (χ1v) is 15.5. The molecule has 0 spiro atoms. The van der Waals surface area contributed by atoms with Crippen LogP contribution in [0.5, 0.6) is 0 Å². The van der Waals surface area contributed by atoms with Crippen LogP contribution in [0.15, 0.2) is 41.7 Å². The zero-order valence-electron chi connectivity index (χ0n) is 25.3. The van der Waals surface area contributed by atoms with Crippen LogP contribution >= 0.6 is 0 Å². The van der Waals surface area contributed by atoms with Gasteiger partial charge in [0.25, 0.3) is 5.91 Å². The molecule has 0 bridgehead atoms. The lowest BCUT2D eigenvalue weighted by Gasteiger charge is -2.30. The summed E-state index contributed by atoms with van der Waals surface area (Å²) >= 11 is 0. The van der Waals surface area contributed by atoms with Crippen LogP contribution < -0.4 is 5.32 Å². The fourth-order valence-electron chi connectivity index (χ4n) is 5.24. The highest BCUT2D eigenvalue weighted by molar-refractivity contribution is 6.12. The minimum absolute atomic E-state index is 0.108. The number of fused-ring (bicyclic) bond motifs is 1. The van der Waals surface area contributed by atoms with Crippen molar-refractivity contribution in [1.82, 2.24) is 10.3 Å². The summed E-state index contributed by atoms with van der Waals surface area (Å²) in [7, 11) is 0. The summed E-state index contributed by atoms with van der Waals surface area (Å²) < 4.78 is 18.7. The molecule has 0 aliphatic carbocycles. The number of alkyl halides is 1. The van der Waals surface area contributed by atoms with Crippen molar-refractivity contribution in [3.05, 3.63) is 42.2 Å². The van der Waals surface area contributed by atoms with Crippen molar-refractivity contribution >= 4 is 34.1 Å². The first-order valence-electron chi connectivity index (χ1n) is 15.5. The molecule has 1 aromatic carbocycles. The number of rotatable bonds is 19. The maximum absolute atomic E-state index is 13.6. The summed E-state index contributed by atoms with van der Waals surface area (Å²) in [6, 6.07) is 8.24. The number of unbranched alkanes of at least 4 members (excludes halogenated alkanes) is 9. The second-order valence-electron chi connectivity index (χ2n) is 11.5. The topological polar surface area (TPSA) is 107 Å². The molecule has 1 N–H and O–H groups in total. The van der Waals surface area contributed by atoms with Gasteiger partial charge in [-0.3, -0.25) is 19.4 Å². The molecule has 8 nitrogen and oxygen atoms in total. The molecule has 1 aromatic heterocycles. The number of Topliss-reactive ketones (excluding diaryl/α,β-unsaturated/α-hetero) is 1. The zero-order chi connectivity index (χ0) is 30.4. The Morgan fingerprint density at radius 3 is 2.33 bits per heavy atom. The average molecular weight is 584 g/mol. The van der Waals surface area contributed by atoms with E-state index in [9.17, 15) is 18.8 Å². The molecule has 1 aliphatic rings. The van der Waals surface area contributed by atoms with Crippen LogP contribution in [0.25, 0.3) is 10.8 Å². The molecule has 0 radical (unpaired) electrons. The first-order chi connectivity index (χ1) is 20.3. The molecule has 2 heterocycles. The highest BCUT2D eigenvalue weighted by Gasteiger charge is 2.51. The highest BCUT2D eigenvalue weighted by Crippen LogP contribution is 2.35. The van der Waals surface area contributed by atoms with Gasteiger partial charge in [-0.25, -0.2) is 4.39 Å². The van der Waals surface area contributed by atoms with E-state index in [2.05, 4.69) is 22.4 Å². The summed E-state index contributed by atoms with van der Waals surface area (Å²) in [6.07, 6.45) is 12.9. The Morgan fingerprint density at radius 1 is 1.00 bits per heavy atom. The predicted molar refractivity (Wildman–Crippen MR) is 162 cm³/mol. The van der Waals surface area contributed by atoms with E-state index in [1.165, 1.54) is 44.9 Å². The summed E-state index contributed by atoms with van der Waals surface area (Å²) in [6.45, 7) is 4.75. The number of halogens is 1. The maximum Gasteiger partial charge on any atom is 0.308 e. The van der Waals surface area contributed by atoms with E-state index in [0.717, 1.165) is 30.0 Å². The number of hydrogen-bond acceptors (Lipinski definition) is 7. The van der Waals surface area contributed by atoms with Crippen LogP contribution in [0.1, 0.15) is 104 Å². The van der Waals surface area contributed by atoms with Crippen LogP contribution in [-0.2, 0) is 24.0 Å². The molecule has 3 rings (SSSR count). The van der Waals surface area contributed by atoms with Crippen LogP contribution in [0, 0.1) is 5.92 Å². The van der Waals surface area contributed by atoms with Crippen molar-refractivity contribution < 1.29 is 28.3 Å². The molecule has 0 saturated carbocycles. The first kappa shape index (κ1) is 33.1. The van der Waals surface area contributed by atoms with E-state index in [1.807, 2.05) is 30.3 Å². The van der Waals surface area contributed by atoms with Gasteiger partial charge in [0.1, 0.15) is 18.4 Å². The van der Waals surface area contributed by atoms with E-state index in [4.69, 9.17) is 9.57 Å². The van der Waals surface area contributed by atoms with E-state index in [1.54, 1.807) is 20.0 Å². The van der Waals surface area contributed by atoms with Gasteiger partial charge in [-0.1, -0.05) is 108 Å². The molecule has 9 heteroatoms. The standard InChI is InChI=1S/C33H46FN3O5/c1-4-5-6-7-8-9-10-11-12-15-20-41-30(39)21-27(29(38)23-34)36-32(40)33(24(2)3)22-28(37-42-33)31-26-17-14-13-16-25(26)18-19-35-31/h13-14,16-19,24,27H,4-12,15,20-23H2,1-3H3,(H,36,40)/t27-,33?/m0/s1. The number of carbonyl (C=O) groups is 3. The van der Waals surface area contributed by atoms with E-state index in [-0.39, 0.29) is 18.9 Å². The minimum atomic E-state index is -1.44. The number of amides is 1. The van der Waals surface area contributed by atoms with Crippen molar-refractivity contribution in [2.45, 2.75) is 109 Å². The van der Waals surface area contributed by atoms with Gasteiger partial charge in [-0.15, -0.1) is 0 Å². The second-order valence-corrected chi connectivity index (χ2v) is 11.5. The number of nitrogens with zero attached hydrogens (tertiary/aromatic N) is 2. The number of esters is 1. The van der Waals surface area contributed by atoms with Gasteiger partial charge in [-0.2, -0.15) is 0 Å². The van der Waals surface area contributed by atoms with Crippen LogP contribution in [0.4, 0.5) is 4.39 Å². The summed E-state index contributed by atoms with van der Waals surface area (Å²) in [4.78, 5) is 48.7. The summed E-state index contributed by atoms with van der Waals surface area (Å²) in [5, 5.41) is 8.63. The fourth-order valence-corrected chi connectivity index (χ4v) is 5.24. The monoisotopic (exact) mass is 583 g/mol. The molecule has 2 aromatic rings. The van der Waals surface area contributed by atoms with E-state index >= 15 is 0 Å². The molecular formula is C33H46FN3O5. The lowest BCUT2D eigenvalue weighted by molar-refractivity contribution is -0.153. The van der Waals surface area contributed by atoms with Gasteiger partial charge >= 0.3 is 5.97 Å². The largest absolute Gasteiger partial charge is 0.466 e. The van der Waals surface area contributed by atoms with Crippen molar-refractivity contribution in [2.24, 2.45) is 11.1 Å². The number of ketones is 1.